The molecule has 1 fully saturated rings. The predicted octanol–water partition coefficient (Wildman–Crippen LogP) is 1.83. The third-order valence-electron chi connectivity index (χ3n) is 5.01. The fourth-order valence-electron chi connectivity index (χ4n) is 3.38. The Balaban J connectivity index is 1.50. The van der Waals surface area contributed by atoms with Crippen LogP contribution in [0.3, 0.4) is 0 Å². The quantitative estimate of drug-likeness (QED) is 0.709. The molecule has 4 rings (SSSR count). The highest BCUT2D eigenvalue weighted by Crippen LogP contribution is 2.35. The van der Waals surface area contributed by atoms with E-state index in [9.17, 15) is 9.00 Å². The van der Waals surface area contributed by atoms with Gasteiger partial charge in [-0.3, -0.25) is 14.5 Å². The van der Waals surface area contributed by atoms with Crippen molar-refractivity contribution in [3.05, 3.63) is 53.3 Å². The second-order valence-corrected chi connectivity index (χ2v) is 7.95. The molecule has 8 nitrogen and oxygen atoms in total. The highest BCUT2D eigenvalue weighted by atomic mass is 32.2. The normalized spacial score (nSPS) is 19.5. The van der Waals surface area contributed by atoms with Crippen LogP contribution >= 0.6 is 0 Å². The van der Waals surface area contributed by atoms with E-state index >= 15 is 0 Å². The van der Waals surface area contributed by atoms with Crippen LogP contribution in [0.5, 0.6) is 5.75 Å². The van der Waals surface area contributed by atoms with E-state index in [4.69, 9.17) is 10.5 Å². The van der Waals surface area contributed by atoms with Crippen LogP contribution in [-0.2, 0) is 11.2 Å². The van der Waals surface area contributed by atoms with E-state index in [1.165, 1.54) is 0 Å². The summed E-state index contributed by atoms with van der Waals surface area (Å²) in [6.07, 6.45) is 4.33. The van der Waals surface area contributed by atoms with Crippen molar-refractivity contribution in [1.82, 2.24) is 10.3 Å². The molecule has 0 radical (unpaired) electrons. The monoisotopic (exact) mass is 399 g/mol. The molecule has 1 atom stereocenters. The summed E-state index contributed by atoms with van der Waals surface area (Å²) in [5.41, 5.74) is 8.11. The third-order valence-corrected chi connectivity index (χ3v) is 5.77. The Morgan fingerprint density at radius 2 is 2.21 bits per heavy atom. The minimum Gasteiger partial charge on any atom is -0.490 e. The van der Waals surface area contributed by atoms with Crippen molar-refractivity contribution < 1.29 is 13.7 Å². The number of aryl methyl sites for hydroxylation is 1. The maximum Gasteiger partial charge on any atom is 0.251 e. The number of nitrogens with one attached hydrogen (secondary N) is 2. The first-order valence-corrected chi connectivity index (χ1v) is 10.1. The lowest BCUT2D eigenvalue weighted by molar-refractivity contribution is 0.0691. The molecular weight excluding hydrogens is 378 g/mol. The second-order valence-electron chi connectivity index (χ2n) is 7.07. The van der Waals surface area contributed by atoms with Crippen LogP contribution in [0.25, 0.3) is 0 Å². The molecule has 0 spiro atoms. The van der Waals surface area contributed by atoms with Crippen LogP contribution in [0.15, 0.2) is 40.9 Å². The average molecular weight is 399 g/mol. The highest BCUT2D eigenvalue weighted by molar-refractivity contribution is 7.85. The number of ether oxygens (including phenoxy) is 1. The smallest absolute Gasteiger partial charge is 0.251 e. The Bertz CT molecular complexity index is 987. The molecule has 1 aromatic carbocycles. The Labute approximate surface area is 165 Å². The number of aromatic nitrogens is 1. The Morgan fingerprint density at radius 3 is 2.93 bits per heavy atom. The van der Waals surface area contributed by atoms with Gasteiger partial charge in [-0.25, -0.2) is 4.21 Å². The number of hydrogen-bond acceptors (Lipinski definition) is 5. The van der Waals surface area contributed by atoms with E-state index < -0.39 is 16.7 Å². The van der Waals surface area contributed by atoms with Gasteiger partial charge < -0.3 is 15.8 Å². The zero-order valence-electron chi connectivity index (χ0n) is 15.4. The number of nitrogens with zero attached hydrogens (tertiary/aromatic N) is 2. The predicted molar refractivity (Wildman–Crippen MR) is 107 cm³/mol. The van der Waals surface area contributed by atoms with E-state index in [-0.39, 0.29) is 11.7 Å². The maximum absolute atomic E-state index is 12.7. The summed E-state index contributed by atoms with van der Waals surface area (Å²) in [5, 5.41) is 3.12. The van der Waals surface area contributed by atoms with E-state index in [1.54, 1.807) is 36.5 Å². The standard InChI is InChI=1S/C19H21N5O3S/c1-12-10-13(6-9-21-12)18(25)22-19(7-3-8-19)11-27-15-5-2-4-14-16(15)17(20)24-28(26)23-14/h2,4-6,9-10,23H,3,7-8,11H2,1H3,(H2,20,24)(H,22,25). The lowest BCUT2D eigenvalue weighted by atomic mass is 9.77. The minimum atomic E-state index is -1.59. The van der Waals surface area contributed by atoms with Crippen LogP contribution in [0, 0.1) is 6.92 Å². The largest absolute Gasteiger partial charge is 0.490 e. The topological polar surface area (TPSA) is 119 Å². The van der Waals surface area contributed by atoms with Gasteiger partial charge in [-0.1, -0.05) is 6.07 Å². The van der Waals surface area contributed by atoms with E-state index in [0.717, 1.165) is 25.0 Å². The zero-order chi connectivity index (χ0) is 19.7. The van der Waals surface area contributed by atoms with E-state index in [1.807, 2.05) is 6.92 Å². The first-order chi connectivity index (χ1) is 13.5. The molecule has 146 valence electrons. The summed E-state index contributed by atoms with van der Waals surface area (Å²) in [7, 11) is 0. The van der Waals surface area contributed by atoms with Gasteiger partial charge in [-0.15, -0.1) is 0 Å². The minimum absolute atomic E-state index is 0.137. The number of rotatable bonds is 5. The molecule has 2 aromatic rings. The van der Waals surface area contributed by atoms with Crippen molar-refractivity contribution >= 4 is 28.6 Å². The van der Waals surface area contributed by atoms with Gasteiger partial charge in [0.15, 0.2) is 0 Å². The van der Waals surface area contributed by atoms with Crippen LogP contribution in [-0.4, -0.2) is 33.1 Å². The van der Waals surface area contributed by atoms with Gasteiger partial charge in [-0.2, -0.15) is 4.40 Å². The number of carbonyl (C=O) groups is 1. The molecular formula is C19H21N5O3S. The number of anilines is 1. The number of benzene rings is 1. The zero-order valence-corrected chi connectivity index (χ0v) is 16.2. The van der Waals surface area contributed by atoms with Crippen LogP contribution in [0.1, 0.15) is 40.9 Å². The molecule has 1 amide bonds. The summed E-state index contributed by atoms with van der Waals surface area (Å²) >= 11 is -1.59. The van der Waals surface area contributed by atoms with Crippen LogP contribution < -0.4 is 20.5 Å². The number of carbonyl (C=O) groups excluding carboxylic acids is 1. The molecule has 2 heterocycles. The molecule has 1 aromatic heterocycles. The van der Waals surface area contributed by atoms with Crippen molar-refractivity contribution in [2.24, 2.45) is 10.1 Å². The van der Waals surface area contributed by atoms with E-state index in [0.29, 0.717) is 29.2 Å². The van der Waals surface area contributed by atoms with Gasteiger partial charge >= 0.3 is 0 Å². The average Bonchev–Trinajstić information content (AvgIpc) is 2.63. The van der Waals surface area contributed by atoms with Gasteiger partial charge in [-0.05, 0) is 50.5 Å². The molecule has 1 saturated carbocycles. The highest BCUT2D eigenvalue weighted by Gasteiger charge is 2.40. The first kappa shape index (κ1) is 18.4. The summed E-state index contributed by atoms with van der Waals surface area (Å²) < 4.78 is 24.3. The van der Waals surface area contributed by atoms with Crippen LogP contribution in [0.4, 0.5) is 5.69 Å². The molecule has 9 heteroatoms. The van der Waals surface area contributed by atoms with Gasteiger partial charge in [0, 0.05) is 17.5 Å². The van der Waals surface area contributed by atoms with E-state index in [2.05, 4.69) is 19.4 Å². The Hall–Kier alpha value is -2.94. The SMILES string of the molecule is Cc1cc(C(=O)NC2(COc3cccc4c3C(N)=NS(=O)N4)CCC2)ccn1. The molecule has 0 saturated heterocycles. The Morgan fingerprint density at radius 1 is 1.39 bits per heavy atom. The van der Waals surface area contributed by atoms with Gasteiger partial charge in [0.2, 0.25) is 11.2 Å². The second kappa shape index (κ2) is 7.23. The van der Waals surface area contributed by atoms with Gasteiger partial charge in [0.1, 0.15) is 18.2 Å². The molecule has 4 N–H and O–H groups in total. The lowest BCUT2D eigenvalue weighted by Gasteiger charge is -2.42. The summed E-state index contributed by atoms with van der Waals surface area (Å²) in [6.45, 7) is 2.17. The number of amides is 1. The molecule has 1 aliphatic carbocycles. The molecule has 2 aliphatic rings. The fourth-order valence-corrected chi connectivity index (χ4v) is 4.05. The molecule has 0 bridgehead atoms. The third kappa shape index (κ3) is 3.57. The first-order valence-electron chi connectivity index (χ1n) is 9.00. The fraction of sp³-hybridized carbons (Fsp3) is 0.316. The van der Waals surface area contributed by atoms with Gasteiger partial charge in [0.25, 0.3) is 5.91 Å². The number of hydrogen-bond donors (Lipinski definition) is 3. The number of amidine groups is 1. The summed E-state index contributed by atoms with van der Waals surface area (Å²) in [5.74, 6) is 0.576. The molecule has 1 unspecified atom stereocenters. The lowest BCUT2D eigenvalue weighted by Crippen LogP contribution is -2.57. The van der Waals surface area contributed by atoms with Crippen molar-refractivity contribution in [3.63, 3.8) is 0 Å². The van der Waals surface area contributed by atoms with Crippen molar-refractivity contribution in [1.29, 1.82) is 0 Å². The van der Waals surface area contributed by atoms with Crippen molar-refractivity contribution in [2.45, 2.75) is 31.7 Å². The Kier molecular flexibility index (Phi) is 4.76. The number of pyridine rings is 1. The number of nitrogens with two attached hydrogens (primary N) is 1. The van der Waals surface area contributed by atoms with Gasteiger partial charge in [0.05, 0.1) is 16.8 Å². The maximum atomic E-state index is 12.7. The number of fused-ring (bicyclic) bond motifs is 1. The van der Waals surface area contributed by atoms with Crippen molar-refractivity contribution in [2.75, 3.05) is 11.3 Å². The molecule has 1 aliphatic heterocycles. The summed E-state index contributed by atoms with van der Waals surface area (Å²) in [4.78, 5) is 16.8. The molecule has 28 heavy (non-hydrogen) atoms. The van der Waals surface area contributed by atoms with Crippen LogP contribution in [0.2, 0.25) is 0 Å². The van der Waals surface area contributed by atoms with Crippen molar-refractivity contribution in [3.8, 4) is 5.75 Å². The summed E-state index contributed by atoms with van der Waals surface area (Å²) in [6, 6.07) is 8.82.